The van der Waals surface area contributed by atoms with Gasteiger partial charge in [0.15, 0.2) is 5.71 Å². The van der Waals surface area contributed by atoms with Gasteiger partial charge < -0.3 is 15.5 Å². The molecule has 3 rings (SSSR count). The van der Waals surface area contributed by atoms with E-state index in [-0.39, 0.29) is 17.7 Å². The summed E-state index contributed by atoms with van der Waals surface area (Å²) >= 11 is 0. The number of rotatable bonds is 6. The summed E-state index contributed by atoms with van der Waals surface area (Å²) in [6.45, 7) is 6.54. The van der Waals surface area contributed by atoms with Gasteiger partial charge in [-0.2, -0.15) is 0 Å². The zero-order chi connectivity index (χ0) is 21.0. The number of benzene rings is 1. The molecule has 0 radical (unpaired) electrons. The molecule has 0 unspecified atom stereocenters. The lowest BCUT2D eigenvalue weighted by Gasteiger charge is -2.30. The van der Waals surface area contributed by atoms with E-state index in [1.807, 2.05) is 5.32 Å². The summed E-state index contributed by atoms with van der Waals surface area (Å²) in [4.78, 5) is 10.4. The van der Waals surface area contributed by atoms with Crippen molar-refractivity contribution in [2.75, 3.05) is 19.7 Å². The molecule has 0 saturated carbocycles. The van der Waals surface area contributed by atoms with Crippen LogP contribution >= 0.6 is 0 Å². The van der Waals surface area contributed by atoms with Crippen molar-refractivity contribution in [3.63, 3.8) is 0 Å². The molecular formula is C22H33N3O4+2. The molecule has 7 nitrogen and oxygen atoms in total. The molecule has 1 fully saturated rings. The van der Waals surface area contributed by atoms with Gasteiger partial charge in [-0.25, -0.2) is 4.58 Å². The normalized spacial score (nSPS) is 21.4. The average molecular weight is 404 g/mol. The maximum absolute atomic E-state index is 10.8. The number of nitrogens with two attached hydrogens (primary N) is 1. The Balaban J connectivity index is 1.79. The molecule has 7 heteroatoms. The van der Waals surface area contributed by atoms with Crippen molar-refractivity contribution in [1.82, 2.24) is 0 Å². The Bertz CT molecular complexity index is 791. The van der Waals surface area contributed by atoms with E-state index in [1.54, 1.807) is 12.1 Å². The number of nitrogens with zero attached hydrogens (tertiary/aromatic N) is 2. The van der Waals surface area contributed by atoms with Gasteiger partial charge in [0.05, 0.1) is 17.6 Å². The number of allylic oxidation sites excluding steroid dienone is 2. The summed E-state index contributed by atoms with van der Waals surface area (Å²) in [6.07, 6.45) is 7.02. The van der Waals surface area contributed by atoms with Crippen LogP contribution in [-0.4, -0.2) is 51.2 Å². The second-order valence-electron chi connectivity index (χ2n) is 9.08. The number of nitro groups is 1. The van der Waals surface area contributed by atoms with E-state index in [0.717, 1.165) is 31.6 Å². The van der Waals surface area contributed by atoms with Crippen molar-refractivity contribution in [3.05, 3.63) is 51.7 Å². The van der Waals surface area contributed by atoms with E-state index in [4.69, 9.17) is 0 Å². The number of aliphatic hydroxyl groups is 2. The van der Waals surface area contributed by atoms with Gasteiger partial charge in [0.1, 0.15) is 30.9 Å². The van der Waals surface area contributed by atoms with Crippen molar-refractivity contribution in [3.8, 4) is 0 Å². The third-order valence-corrected chi connectivity index (χ3v) is 5.95. The number of piperidine rings is 1. The van der Waals surface area contributed by atoms with E-state index in [2.05, 4.69) is 24.5 Å². The van der Waals surface area contributed by atoms with Crippen LogP contribution in [0.25, 0.3) is 0 Å². The molecule has 158 valence electrons. The maximum Gasteiger partial charge on any atom is 0.269 e. The second-order valence-corrected chi connectivity index (χ2v) is 9.08. The molecule has 1 heterocycles. The molecule has 1 aromatic carbocycles. The predicted molar refractivity (Wildman–Crippen MR) is 111 cm³/mol. The largest absolute Gasteiger partial charge is 0.390 e. The molecule has 1 saturated heterocycles. The number of aliphatic hydroxyl groups excluding tert-OH is 2. The summed E-state index contributed by atoms with van der Waals surface area (Å²) in [5.41, 5.74) is 3.19. The summed E-state index contributed by atoms with van der Waals surface area (Å²) < 4.78 is 2.49. The molecule has 29 heavy (non-hydrogen) atoms. The smallest absolute Gasteiger partial charge is 0.269 e. The molecule has 0 aromatic heterocycles. The van der Waals surface area contributed by atoms with Gasteiger partial charge in [0, 0.05) is 37.8 Å². The first-order chi connectivity index (χ1) is 13.8. The fourth-order valence-corrected chi connectivity index (χ4v) is 4.47. The minimum Gasteiger partial charge on any atom is -0.390 e. The van der Waals surface area contributed by atoms with E-state index in [9.17, 15) is 20.3 Å². The minimum atomic E-state index is -0.912. The molecular weight excluding hydrogens is 370 g/mol. The lowest BCUT2D eigenvalue weighted by molar-refractivity contribution is -0.658. The van der Waals surface area contributed by atoms with Gasteiger partial charge >= 0.3 is 0 Å². The Kier molecular flexibility index (Phi) is 6.82. The van der Waals surface area contributed by atoms with Gasteiger partial charge in [-0.15, -0.1) is 0 Å². The van der Waals surface area contributed by atoms with Crippen molar-refractivity contribution < 1.29 is 25.0 Å². The van der Waals surface area contributed by atoms with Crippen LogP contribution in [0.5, 0.6) is 0 Å². The first kappa shape index (κ1) is 21.6. The van der Waals surface area contributed by atoms with Gasteiger partial charge in [-0.05, 0) is 29.5 Å². The van der Waals surface area contributed by atoms with Crippen molar-refractivity contribution >= 4 is 11.4 Å². The standard InChI is InChI=1S/C22H31N3O4/c1-22(2)13-17(12-19(14-22)24-10-4-3-5-11-24)23-20(15-26)21(27)16-6-8-18(9-7-16)25(28)29/h6-9,12,20-21,26-27H,3-5,10-11,13-15H2,1-2H3/p+2/t20-,21-/m0/s1. The number of hydrogen-bond acceptors (Lipinski definition) is 4. The third kappa shape index (κ3) is 5.50. The van der Waals surface area contributed by atoms with Gasteiger partial charge in [-0.1, -0.05) is 13.8 Å². The highest BCUT2D eigenvalue weighted by atomic mass is 16.6. The zero-order valence-corrected chi connectivity index (χ0v) is 17.4. The summed E-state index contributed by atoms with van der Waals surface area (Å²) in [7, 11) is 0. The number of non-ortho nitro benzene ring substituents is 1. The first-order valence-electron chi connectivity index (χ1n) is 10.5. The van der Waals surface area contributed by atoms with Crippen molar-refractivity contribution in [2.45, 2.75) is 58.1 Å². The van der Waals surface area contributed by atoms with Crippen LogP contribution in [0, 0.1) is 15.5 Å². The average Bonchev–Trinajstić information content (AvgIpc) is 2.71. The number of quaternary nitrogens is 1. The Morgan fingerprint density at radius 3 is 2.41 bits per heavy atom. The molecule has 0 amide bonds. The topological polar surface area (TPSA) is 103 Å². The van der Waals surface area contributed by atoms with Gasteiger partial charge in [-0.3, -0.25) is 10.1 Å². The number of hydrogen-bond donors (Lipinski definition) is 3. The van der Waals surface area contributed by atoms with E-state index >= 15 is 0 Å². The summed E-state index contributed by atoms with van der Waals surface area (Å²) in [6, 6.07) is 5.43. The molecule has 0 spiro atoms. The molecule has 1 aliphatic carbocycles. The molecule has 4 N–H and O–H groups in total. The highest BCUT2D eigenvalue weighted by Crippen LogP contribution is 2.32. The lowest BCUT2D eigenvalue weighted by Crippen LogP contribution is -2.91. The molecule has 2 atom stereocenters. The lowest BCUT2D eigenvalue weighted by atomic mass is 9.78. The van der Waals surface area contributed by atoms with Gasteiger partial charge in [0.2, 0.25) is 0 Å². The van der Waals surface area contributed by atoms with Crippen LogP contribution < -0.4 is 5.32 Å². The van der Waals surface area contributed by atoms with Gasteiger partial charge in [0.25, 0.3) is 5.69 Å². The molecule has 1 aromatic rings. The predicted octanol–water partition coefficient (Wildman–Crippen LogP) is 1.89. The minimum absolute atomic E-state index is 0.0111. The fourth-order valence-electron chi connectivity index (χ4n) is 4.47. The van der Waals surface area contributed by atoms with E-state index < -0.39 is 17.1 Å². The Labute approximate surface area is 171 Å². The maximum atomic E-state index is 10.8. The zero-order valence-electron chi connectivity index (χ0n) is 17.4. The Morgan fingerprint density at radius 2 is 1.83 bits per heavy atom. The van der Waals surface area contributed by atoms with Crippen molar-refractivity contribution in [2.24, 2.45) is 5.41 Å². The summed E-state index contributed by atoms with van der Waals surface area (Å²) in [5.74, 6) is 0. The highest BCUT2D eigenvalue weighted by molar-refractivity contribution is 5.92. The van der Waals surface area contributed by atoms with Crippen LogP contribution in [-0.2, 0) is 0 Å². The molecule has 0 bridgehead atoms. The Hall–Kier alpha value is -2.09. The monoisotopic (exact) mass is 403 g/mol. The highest BCUT2D eigenvalue weighted by Gasteiger charge is 2.35. The molecule has 1 aliphatic heterocycles. The van der Waals surface area contributed by atoms with Crippen molar-refractivity contribution in [1.29, 1.82) is 0 Å². The van der Waals surface area contributed by atoms with Crippen LogP contribution in [0.1, 0.15) is 57.6 Å². The van der Waals surface area contributed by atoms with E-state index in [0.29, 0.717) is 5.56 Å². The van der Waals surface area contributed by atoms with Crippen LogP contribution in [0.15, 0.2) is 36.0 Å². The Morgan fingerprint density at radius 1 is 1.17 bits per heavy atom. The van der Waals surface area contributed by atoms with Crippen LogP contribution in [0.4, 0.5) is 5.69 Å². The third-order valence-electron chi connectivity index (χ3n) is 5.95. The van der Waals surface area contributed by atoms with Crippen LogP contribution in [0.3, 0.4) is 0 Å². The van der Waals surface area contributed by atoms with Crippen LogP contribution in [0.2, 0.25) is 0 Å². The fraction of sp³-hybridized carbons (Fsp3) is 0.591. The second kappa shape index (κ2) is 9.15. The SMILES string of the molecule is CC1(C)CC([NH2+][C@@H](CO)[C@@H](O)c2ccc([N+](=O)[O-])cc2)=CC(=[N+]2CCCCC2)C1. The number of nitro benzene ring substituents is 1. The quantitative estimate of drug-likeness (QED) is 0.383. The molecule has 2 aliphatic rings. The van der Waals surface area contributed by atoms with E-state index in [1.165, 1.54) is 37.1 Å². The summed E-state index contributed by atoms with van der Waals surface area (Å²) in [5, 5.41) is 33.5. The first-order valence-corrected chi connectivity index (χ1v) is 10.5.